The van der Waals surface area contributed by atoms with Crippen LogP contribution in [0.5, 0.6) is 0 Å². The fraction of sp³-hybridized carbons (Fsp3) is 0.755. The number of benzene rings is 1. The number of aryl methyl sites for hydroxylation is 1. The minimum Gasteiger partial charge on any atom is -0.477 e. The molecule has 0 spiro atoms. The molecule has 0 amide bonds. The number of aromatic nitrogens is 1. The Morgan fingerprint density at radius 1 is 1.00 bits per heavy atom. The van der Waals surface area contributed by atoms with Crippen molar-refractivity contribution in [1.82, 2.24) is 14.8 Å². The van der Waals surface area contributed by atoms with Crippen LogP contribution >= 0.6 is 0 Å². The van der Waals surface area contributed by atoms with Crippen molar-refractivity contribution in [3.05, 3.63) is 45.2 Å². The van der Waals surface area contributed by atoms with Gasteiger partial charge in [-0.25, -0.2) is 4.79 Å². The maximum atomic E-state index is 14.4. The van der Waals surface area contributed by atoms with Crippen molar-refractivity contribution < 1.29 is 85.7 Å². The molecular weight excluding hydrogens is 1040 g/mol. The number of nitrogens with one attached hydrogen (secondary N) is 1. The first-order valence-electron chi connectivity index (χ1n) is 26.5. The number of aliphatic hydroxyl groups excluding tert-OH is 2. The van der Waals surface area contributed by atoms with Crippen molar-refractivity contribution in [2.75, 3.05) is 46.7 Å². The van der Waals surface area contributed by atoms with E-state index < -0.39 is 136 Å². The summed E-state index contributed by atoms with van der Waals surface area (Å²) in [6.07, 6.45) is -8.23. The monoisotopic (exact) mass is 1120 g/mol. The number of carboxylic acids is 1. The predicted molar refractivity (Wildman–Crippen MR) is 280 cm³/mol. The number of cyclic esters (lactones) is 1. The van der Waals surface area contributed by atoms with Crippen molar-refractivity contribution in [3.63, 3.8) is 0 Å². The Balaban J connectivity index is 1.20. The van der Waals surface area contributed by atoms with E-state index >= 15 is 0 Å². The van der Waals surface area contributed by atoms with Gasteiger partial charge >= 0.3 is 11.9 Å². The van der Waals surface area contributed by atoms with E-state index in [-0.39, 0.29) is 50.1 Å². The van der Waals surface area contributed by atoms with Crippen LogP contribution in [0.15, 0.2) is 28.3 Å². The van der Waals surface area contributed by atoms with E-state index in [1.165, 1.54) is 34.1 Å². The Kier molecular flexibility index (Phi) is 20.7. The molecule has 25 heteroatoms. The number of methoxy groups -OCH3 is 1. The summed E-state index contributed by atoms with van der Waals surface area (Å²) in [4.78, 5) is 46.4. The molecule has 17 atom stereocenters. The number of rotatable bonds is 18. The highest BCUT2D eigenvalue weighted by Crippen LogP contribution is 2.42. The van der Waals surface area contributed by atoms with E-state index in [9.17, 15) is 53.6 Å². The van der Waals surface area contributed by atoms with Gasteiger partial charge in [-0.1, -0.05) is 32.0 Å². The molecule has 0 bridgehead atoms. The zero-order valence-corrected chi connectivity index (χ0v) is 47.6. The first-order chi connectivity index (χ1) is 36.4. The van der Waals surface area contributed by atoms with Crippen molar-refractivity contribution in [3.8, 4) is 6.07 Å². The lowest BCUT2D eigenvalue weighted by Gasteiger charge is -2.49. The lowest BCUT2D eigenvalue weighted by molar-refractivity contribution is -0.316. The van der Waals surface area contributed by atoms with Crippen LogP contribution in [0, 0.1) is 35.0 Å². The van der Waals surface area contributed by atoms with Gasteiger partial charge in [-0.3, -0.25) is 13.8 Å². The summed E-state index contributed by atoms with van der Waals surface area (Å²) >= 11 is 0. The van der Waals surface area contributed by atoms with Gasteiger partial charge in [-0.15, -0.1) is 0 Å². The van der Waals surface area contributed by atoms with E-state index in [0.29, 0.717) is 36.7 Å². The summed E-state index contributed by atoms with van der Waals surface area (Å²) in [6.45, 7) is 14.4. The van der Waals surface area contributed by atoms with Crippen LogP contribution in [0.2, 0.25) is 0 Å². The molecule has 6 N–H and O–H groups in total. The van der Waals surface area contributed by atoms with Gasteiger partial charge in [0.25, 0.3) is 10.1 Å². The lowest BCUT2D eigenvalue weighted by atomic mass is 9.75. The number of esters is 1. The first-order valence-corrected chi connectivity index (χ1v) is 28.1. The highest BCUT2D eigenvalue weighted by Gasteiger charge is 2.54. The molecule has 0 aliphatic carbocycles. The Morgan fingerprint density at radius 2 is 1.71 bits per heavy atom. The lowest BCUT2D eigenvalue weighted by Crippen LogP contribution is -2.61. The number of nitriles is 1. The molecule has 4 aliphatic heterocycles. The summed E-state index contributed by atoms with van der Waals surface area (Å²) in [7, 11) is 0.772. The van der Waals surface area contributed by atoms with Gasteiger partial charge < -0.3 is 78.3 Å². The molecule has 1 aromatic heterocycles. The second kappa shape index (κ2) is 25.7. The number of pyridine rings is 1. The molecule has 4 aliphatic rings. The highest BCUT2D eigenvalue weighted by atomic mass is 32.2. The number of ether oxygens (including phenoxy) is 7. The van der Waals surface area contributed by atoms with Gasteiger partial charge in [0.1, 0.15) is 36.7 Å². The number of carboxylic acid groups (broad SMARTS) is 1. The van der Waals surface area contributed by atoms with Crippen LogP contribution in [0.3, 0.4) is 0 Å². The van der Waals surface area contributed by atoms with Crippen molar-refractivity contribution in [2.45, 2.75) is 186 Å². The summed E-state index contributed by atoms with van der Waals surface area (Å²) < 4.78 is 78.1. The largest absolute Gasteiger partial charge is 0.477 e. The van der Waals surface area contributed by atoms with Gasteiger partial charge in [0.05, 0.1) is 65.1 Å². The van der Waals surface area contributed by atoms with E-state index in [2.05, 4.69) is 10.5 Å². The number of hydrogen-bond acceptors (Lipinski definition) is 22. The van der Waals surface area contributed by atoms with Crippen molar-refractivity contribution in [2.24, 2.45) is 28.8 Å². The van der Waals surface area contributed by atoms with E-state index in [1.807, 2.05) is 38.1 Å². The molecule has 438 valence electrons. The fourth-order valence-corrected chi connectivity index (χ4v) is 12.7. The third kappa shape index (κ3) is 14.4. The number of nitrogens with zero attached hydrogens (tertiary/aromatic N) is 4. The minimum atomic E-state index is -4.24. The summed E-state index contributed by atoms with van der Waals surface area (Å²) in [6, 6.07) is 5.03. The van der Waals surface area contributed by atoms with Gasteiger partial charge in [0.2, 0.25) is 17.8 Å². The molecular formula is C53H81N5O19S. The topological polar surface area (TPSA) is 326 Å². The maximum Gasteiger partial charge on any atom is 0.341 e. The van der Waals surface area contributed by atoms with Crippen LogP contribution in [-0.2, 0) is 76.8 Å². The molecule has 24 nitrogen and oxygen atoms in total. The summed E-state index contributed by atoms with van der Waals surface area (Å²) in [5.74, 6) is -9.44. The Labute approximate surface area is 455 Å². The zero-order valence-electron chi connectivity index (χ0n) is 46.7. The third-order valence-electron chi connectivity index (χ3n) is 15.7. The molecule has 6 rings (SSSR count). The molecule has 3 saturated heterocycles. The number of aliphatic hydroxyl groups is 4. The van der Waals surface area contributed by atoms with E-state index in [0.717, 1.165) is 18.1 Å². The number of oxime groups is 1. The number of hydrogen-bond donors (Lipinski definition) is 6. The fourth-order valence-electron chi connectivity index (χ4n) is 11.6. The molecule has 2 aromatic rings. The van der Waals surface area contributed by atoms with Gasteiger partial charge in [-0.2, -0.15) is 13.7 Å². The summed E-state index contributed by atoms with van der Waals surface area (Å²) in [5.41, 5.74) is -1.86. The molecule has 0 unspecified atom stereocenters. The van der Waals surface area contributed by atoms with Crippen LogP contribution in [0.25, 0.3) is 10.9 Å². The van der Waals surface area contributed by atoms with Crippen LogP contribution in [0.1, 0.15) is 109 Å². The number of carbonyl (C=O) groups excluding carboxylic acids is 1. The molecule has 1 aromatic carbocycles. The molecule has 3 fully saturated rings. The van der Waals surface area contributed by atoms with Gasteiger partial charge in [0.15, 0.2) is 12.6 Å². The predicted octanol–water partition coefficient (Wildman–Crippen LogP) is 2.37. The van der Waals surface area contributed by atoms with Crippen LogP contribution in [0.4, 0.5) is 0 Å². The second-order valence-electron chi connectivity index (χ2n) is 22.4. The highest BCUT2D eigenvalue weighted by molar-refractivity contribution is 7.86. The summed E-state index contributed by atoms with van der Waals surface area (Å²) in [5, 5.41) is 74.2. The van der Waals surface area contributed by atoms with Gasteiger partial charge in [-0.05, 0) is 92.6 Å². The quantitative estimate of drug-likeness (QED) is 0.0540. The van der Waals surface area contributed by atoms with Crippen molar-refractivity contribution in [1.29, 1.82) is 5.26 Å². The van der Waals surface area contributed by atoms with E-state index in [1.54, 1.807) is 38.3 Å². The molecule has 78 heavy (non-hydrogen) atoms. The van der Waals surface area contributed by atoms with Gasteiger partial charge in [0, 0.05) is 67.9 Å². The Bertz CT molecular complexity index is 2680. The Hall–Kier alpha value is -4.24. The maximum absolute atomic E-state index is 14.4. The minimum absolute atomic E-state index is 0.0200. The average molecular weight is 1120 g/mol. The smallest absolute Gasteiger partial charge is 0.341 e. The third-order valence-corrected chi connectivity index (χ3v) is 16.9. The number of likely N-dealkylation sites (N-methyl/N-ethyl adjacent to an activating group) is 1. The van der Waals surface area contributed by atoms with Crippen molar-refractivity contribution >= 4 is 38.7 Å². The molecule has 5 heterocycles. The Morgan fingerprint density at radius 3 is 2.36 bits per heavy atom. The zero-order chi connectivity index (χ0) is 57.8. The normalized spacial score (nSPS) is 36.8. The number of carbonyl (C=O) groups is 2. The second-order valence-corrected chi connectivity index (χ2v) is 24.1. The van der Waals surface area contributed by atoms with Crippen LogP contribution in [-0.4, -0.2) is 186 Å². The number of aromatic carboxylic acids is 1. The van der Waals surface area contributed by atoms with E-state index in [4.69, 9.17) is 42.2 Å². The molecule has 0 saturated carbocycles. The first kappa shape index (κ1) is 62.9. The molecule has 0 radical (unpaired) electrons. The SMILES string of the molecule is CO[C@]1(C)C[C@H](O[C@H]2[C@H](C)[C@H](O[C@H]3O[C@@H](C)C[C@H](N(C)C)[C@H]3O)[C@](C)(O)C[C@@H](C)/C(=N\OCC#N)[C@@H](C)[C@H](O)[C@@](C)(O)OC(=O)[C@@H]2C)O[C@@H](C)[C@@H]1OS(=O)(=O)CCNCCCc1cc2c3c(c1)c(=O)c(C(=O)O)cn3COC2. The average Bonchev–Trinajstić information content (AvgIpc) is 3.45. The standard InChI is InChI=1S/C53H81N5O19S/c1-28-23-51(7,65)46(75-50-43(60)38(57(10)11)20-29(2)72-50)31(4)44(32(5)49(64)76-53(9,66)45(61)30(3)40(28)56-71-18-15-54)74-39-24-52(8,69-12)47(33(6)73-39)77-78(67,68)19-17-55-16-13-14-34-21-35-26-70-27-58-25-37(48(62)63)42(59)36(22-34)41(35)58/h21-22,25,28-33,38-39,43-47,50,55,60-61,65-66H,13-14,16-20,23-24,26-27H2,1-12H3,(H,62,63)/b56-40+/t28-,29+,30-,31+,32-,33+,38+,39+,43-,44+,45+,46+,47+,50-,51-,52-,53+/m1/s1. The van der Waals surface area contributed by atoms with Crippen LogP contribution < -0.4 is 10.7 Å².